The van der Waals surface area contributed by atoms with Gasteiger partial charge in [-0.15, -0.1) is 0 Å². The quantitative estimate of drug-likeness (QED) is 0.784. The van der Waals surface area contributed by atoms with Gasteiger partial charge in [0.2, 0.25) is 0 Å². The van der Waals surface area contributed by atoms with Gasteiger partial charge in [-0.2, -0.15) is 0 Å². The van der Waals surface area contributed by atoms with Crippen molar-refractivity contribution in [2.75, 3.05) is 26.2 Å². The van der Waals surface area contributed by atoms with Crippen molar-refractivity contribution >= 4 is 11.8 Å². The number of carbonyl (C=O) groups excluding carboxylic acids is 1. The maximum atomic E-state index is 12.2. The molecule has 1 saturated heterocycles. The van der Waals surface area contributed by atoms with Crippen LogP contribution in [0.4, 0.5) is 0 Å². The Hall–Kier alpha value is -1.88. The van der Waals surface area contributed by atoms with Crippen LogP contribution in [-0.4, -0.2) is 48.0 Å². The van der Waals surface area contributed by atoms with Crippen molar-refractivity contribution in [2.24, 2.45) is 5.92 Å². The summed E-state index contributed by atoms with van der Waals surface area (Å²) in [5.74, 6) is -0.0404. The van der Waals surface area contributed by atoms with E-state index in [4.69, 9.17) is 9.84 Å². The minimum absolute atomic E-state index is 0.114. The summed E-state index contributed by atoms with van der Waals surface area (Å²) in [6.45, 7) is 4.74. The number of Topliss-reactive ketones (excluding diaryl/α,β-unsaturated/α-hetero) is 1. The molecule has 1 aliphatic heterocycles. The second-order valence-corrected chi connectivity index (χ2v) is 5.58. The summed E-state index contributed by atoms with van der Waals surface area (Å²) >= 11 is 0. The highest BCUT2D eigenvalue weighted by Gasteiger charge is 2.24. The first kappa shape index (κ1) is 16.5. The summed E-state index contributed by atoms with van der Waals surface area (Å²) in [6, 6.07) is 7.22. The summed E-state index contributed by atoms with van der Waals surface area (Å²) in [5, 5.41) is 8.97. The van der Waals surface area contributed by atoms with Gasteiger partial charge in [0, 0.05) is 18.5 Å². The SMILES string of the molecule is CCOc1ccc(C(=O)CCN2CCC(C(=O)O)CC2)cc1. The standard InChI is InChI=1S/C17H23NO4/c1-2-22-15-5-3-13(4-6-15)16(19)9-12-18-10-7-14(8-11-18)17(20)21/h3-6,14H,2,7-12H2,1H3,(H,20,21). The maximum Gasteiger partial charge on any atom is 0.306 e. The lowest BCUT2D eigenvalue weighted by Crippen LogP contribution is -2.37. The predicted molar refractivity (Wildman–Crippen MR) is 83.4 cm³/mol. The molecule has 2 rings (SSSR count). The molecule has 0 saturated carbocycles. The zero-order valence-electron chi connectivity index (χ0n) is 13.0. The largest absolute Gasteiger partial charge is 0.494 e. The molecule has 0 amide bonds. The van der Waals surface area contributed by atoms with E-state index in [0.29, 0.717) is 38.0 Å². The molecule has 5 heteroatoms. The number of carboxylic acids is 1. The van der Waals surface area contributed by atoms with Gasteiger partial charge in [-0.1, -0.05) is 0 Å². The molecule has 1 aromatic rings. The zero-order valence-corrected chi connectivity index (χ0v) is 13.0. The molecule has 1 N–H and O–H groups in total. The summed E-state index contributed by atoms with van der Waals surface area (Å²) in [4.78, 5) is 25.2. The van der Waals surface area contributed by atoms with Crippen LogP contribution in [0.5, 0.6) is 5.75 Å². The van der Waals surface area contributed by atoms with E-state index in [1.54, 1.807) is 12.1 Å². The van der Waals surface area contributed by atoms with Crippen molar-refractivity contribution in [1.82, 2.24) is 4.90 Å². The molecule has 0 aliphatic carbocycles. The van der Waals surface area contributed by atoms with Gasteiger partial charge in [-0.3, -0.25) is 9.59 Å². The molecule has 1 aliphatic rings. The number of piperidine rings is 1. The Bertz CT molecular complexity index is 504. The molecular formula is C17H23NO4. The Labute approximate surface area is 130 Å². The molecule has 0 atom stereocenters. The number of carbonyl (C=O) groups is 2. The van der Waals surface area contributed by atoms with Crippen LogP contribution in [0.1, 0.15) is 36.5 Å². The summed E-state index contributed by atoms with van der Waals surface area (Å²) in [7, 11) is 0. The number of rotatable bonds is 7. The molecule has 0 unspecified atom stereocenters. The molecule has 5 nitrogen and oxygen atoms in total. The Morgan fingerprint density at radius 1 is 1.23 bits per heavy atom. The van der Waals surface area contributed by atoms with Crippen molar-refractivity contribution in [3.63, 3.8) is 0 Å². The van der Waals surface area contributed by atoms with Gasteiger partial charge in [0.15, 0.2) is 5.78 Å². The van der Waals surface area contributed by atoms with E-state index >= 15 is 0 Å². The highest BCUT2D eigenvalue weighted by Crippen LogP contribution is 2.18. The number of ether oxygens (including phenoxy) is 1. The zero-order chi connectivity index (χ0) is 15.9. The first-order valence-corrected chi connectivity index (χ1v) is 7.81. The Kier molecular flexibility index (Phi) is 5.95. The van der Waals surface area contributed by atoms with Crippen molar-refractivity contribution in [1.29, 1.82) is 0 Å². The number of benzene rings is 1. The van der Waals surface area contributed by atoms with Crippen LogP contribution in [-0.2, 0) is 4.79 Å². The van der Waals surface area contributed by atoms with Crippen LogP contribution in [0.25, 0.3) is 0 Å². The van der Waals surface area contributed by atoms with Gasteiger partial charge in [0.25, 0.3) is 0 Å². The molecule has 120 valence electrons. The average molecular weight is 305 g/mol. The van der Waals surface area contributed by atoms with E-state index < -0.39 is 5.97 Å². The van der Waals surface area contributed by atoms with Gasteiger partial charge in [0.05, 0.1) is 12.5 Å². The molecule has 22 heavy (non-hydrogen) atoms. The monoisotopic (exact) mass is 305 g/mol. The highest BCUT2D eigenvalue weighted by molar-refractivity contribution is 5.96. The molecular weight excluding hydrogens is 282 g/mol. The van der Waals surface area contributed by atoms with E-state index in [1.807, 2.05) is 19.1 Å². The third-order valence-corrected chi connectivity index (χ3v) is 4.08. The van der Waals surface area contributed by atoms with Crippen LogP contribution in [0.15, 0.2) is 24.3 Å². The predicted octanol–water partition coefficient (Wildman–Crippen LogP) is 2.45. The summed E-state index contributed by atoms with van der Waals surface area (Å²) < 4.78 is 5.36. The minimum atomic E-state index is -0.704. The first-order valence-electron chi connectivity index (χ1n) is 7.81. The topological polar surface area (TPSA) is 66.8 Å². The van der Waals surface area contributed by atoms with E-state index in [2.05, 4.69) is 4.90 Å². The van der Waals surface area contributed by atoms with Crippen LogP contribution in [0.2, 0.25) is 0 Å². The number of ketones is 1. The third-order valence-electron chi connectivity index (χ3n) is 4.08. The van der Waals surface area contributed by atoms with Crippen LogP contribution in [0, 0.1) is 5.92 Å². The molecule has 1 aromatic carbocycles. The summed E-state index contributed by atoms with van der Waals surface area (Å²) in [6.07, 6.45) is 1.81. The van der Waals surface area contributed by atoms with Crippen molar-refractivity contribution in [2.45, 2.75) is 26.2 Å². The lowest BCUT2D eigenvalue weighted by Gasteiger charge is -2.29. The third kappa shape index (κ3) is 4.56. The van der Waals surface area contributed by atoms with Gasteiger partial charge in [0.1, 0.15) is 5.75 Å². The van der Waals surface area contributed by atoms with Crippen molar-refractivity contribution in [3.05, 3.63) is 29.8 Å². The molecule has 0 aromatic heterocycles. The Morgan fingerprint density at radius 2 is 1.86 bits per heavy atom. The van der Waals surface area contributed by atoms with Gasteiger partial charge >= 0.3 is 5.97 Å². The van der Waals surface area contributed by atoms with E-state index in [9.17, 15) is 9.59 Å². The van der Waals surface area contributed by atoms with E-state index in [-0.39, 0.29) is 11.7 Å². The second kappa shape index (κ2) is 7.94. The molecule has 0 bridgehead atoms. The lowest BCUT2D eigenvalue weighted by molar-refractivity contribution is -0.143. The number of likely N-dealkylation sites (tertiary alicyclic amines) is 1. The second-order valence-electron chi connectivity index (χ2n) is 5.58. The molecule has 1 fully saturated rings. The number of nitrogens with zero attached hydrogens (tertiary/aromatic N) is 1. The van der Waals surface area contributed by atoms with Gasteiger partial charge in [-0.25, -0.2) is 0 Å². The van der Waals surface area contributed by atoms with Crippen LogP contribution in [0.3, 0.4) is 0 Å². The normalized spacial score (nSPS) is 16.4. The number of hydrogen-bond donors (Lipinski definition) is 1. The molecule has 0 spiro atoms. The Morgan fingerprint density at radius 3 is 2.41 bits per heavy atom. The molecule has 1 heterocycles. The smallest absolute Gasteiger partial charge is 0.306 e. The maximum absolute atomic E-state index is 12.2. The van der Waals surface area contributed by atoms with Crippen molar-refractivity contribution < 1.29 is 19.4 Å². The highest BCUT2D eigenvalue weighted by atomic mass is 16.5. The van der Waals surface area contributed by atoms with E-state index in [0.717, 1.165) is 18.8 Å². The minimum Gasteiger partial charge on any atom is -0.494 e. The number of hydrogen-bond acceptors (Lipinski definition) is 4. The average Bonchev–Trinajstić information content (AvgIpc) is 2.54. The number of carboxylic acid groups (broad SMARTS) is 1. The van der Waals surface area contributed by atoms with Gasteiger partial charge in [-0.05, 0) is 57.1 Å². The lowest BCUT2D eigenvalue weighted by atomic mass is 9.97. The fourth-order valence-electron chi connectivity index (χ4n) is 2.71. The molecule has 0 radical (unpaired) electrons. The van der Waals surface area contributed by atoms with Crippen molar-refractivity contribution in [3.8, 4) is 5.75 Å². The number of aliphatic carboxylic acids is 1. The fraction of sp³-hybridized carbons (Fsp3) is 0.529. The van der Waals surface area contributed by atoms with Crippen LogP contribution < -0.4 is 4.74 Å². The first-order chi connectivity index (χ1) is 10.6. The van der Waals surface area contributed by atoms with E-state index in [1.165, 1.54) is 0 Å². The fourth-order valence-corrected chi connectivity index (χ4v) is 2.71. The Balaban J connectivity index is 1.77. The van der Waals surface area contributed by atoms with Gasteiger partial charge < -0.3 is 14.7 Å². The summed E-state index contributed by atoms with van der Waals surface area (Å²) in [5.41, 5.74) is 0.698. The van der Waals surface area contributed by atoms with Crippen LogP contribution >= 0.6 is 0 Å².